The number of hydrogen-bond donors (Lipinski definition) is 2. The van der Waals surface area contributed by atoms with E-state index in [0.717, 1.165) is 19.3 Å². The largest absolute Gasteiger partial charge is 0.395 e. The average molecular weight is 292 g/mol. The zero-order valence-corrected chi connectivity index (χ0v) is 12.1. The van der Waals surface area contributed by atoms with E-state index in [0.29, 0.717) is 19.4 Å². The van der Waals surface area contributed by atoms with E-state index in [-0.39, 0.29) is 36.6 Å². The lowest BCUT2D eigenvalue weighted by Gasteiger charge is -2.27. The minimum atomic E-state index is -3.01. The van der Waals surface area contributed by atoms with Gasteiger partial charge >= 0.3 is 0 Å². The molecule has 0 aliphatic carbocycles. The van der Waals surface area contributed by atoms with Gasteiger partial charge in [0.15, 0.2) is 9.84 Å². The van der Waals surface area contributed by atoms with Crippen molar-refractivity contribution in [1.29, 1.82) is 0 Å². The number of carbonyl (C=O) groups excluding carboxylic acids is 1. The van der Waals surface area contributed by atoms with Gasteiger partial charge < -0.3 is 15.7 Å². The molecule has 6 nitrogen and oxygen atoms in total. The molecule has 3 N–H and O–H groups in total. The molecule has 1 unspecified atom stereocenters. The van der Waals surface area contributed by atoms with Gasteiger partial charge in [0.25, 0.3) is 0 Å². The van der Waals surface area contributed by atoms with E-state index in [2.05, 4.69) is 0 Å². The molecule has 19 heavy (non-hydrogen) atoms. The monoisotopic (exact) mass is 292 g/mol. The van der Waals surface area contributed by atoms with Gasteiger partial charge in [0.1, 0.15) is 0 Å². The maximum absolute atomic E-state index is 12.1. The summed E-state index contributed by atoms with van der Waals surface area (Å²) in [6.45, 7) is 0.705. The van der Waals surface area contributed by atoms with Crippen LogP contribution in [0.25, 0.3) is 0 Å². The smallest absolute Gasteiger partial charge is 0.222 e. The number of aliphatic hydroxyl groups is 1. The van der Waals surface area contributed by atoms with Gasteiger partial charge in [0.2, 0.25) is 5.91 Å². The second kappa shape index (κ2) is 7.81. The van der Waals surface area contributed by atoms with Gasteiger partial charge in [0.05, 0.1) is 18.1 Å². The molecule has 0 bridgehead atoms. The van der Waals surface area contributed by atoms with Gasteiger partial charge in [-0.2, -0.15) is 0 Å². The average Bonchev–Trinajstić information content (AvgIpc) is 2.71. The third-order valence-corrected chi connectivity index (χ3v) is 5.16. The molecule has 1 fully saturated rings. The second-order valence-electron chi connectivity index (χ2n) is 4.97. The molecule has 1 heterocycles. The normalized spacial score (nSPS) is 21.5. The van der Waals surface area contributed by atoms with Crippen molar-refractivity contribution < 1.29 is 18.3 Å². The van der Waals surface area contributed by atoms with Gasteiger partial charge in [-0.3, -0.25) is 4.79 Å². The highest BCUT2D eigenvalue weighted by molar-refractivity contribution is 7.91. The molecule has 0 aromatic heterocycles. The molecule has 0 radical (unpaired) electrons. The summed E-state index contributed by atoms with van der Waals surface area (Å²) in [5, 5.41) is 9.03. The third kappa shape index (κ3) is 5.46. The van der Waals surface area contributed by atoms with Crippen LogP contribution in [0.3, 0.4) is 0 Å². The standard InChI is InChI=1S/C12H24N2O4S/c13-6-3-1-2-4-12(16)14(7-8-15)11-5-9-19(17,18)10-11/h11,15H,1-10,13H2. The molecule has 0 aromatic carbocycles. The summed E-state index contributed by atoms with van der Waals surface area (Å²) in [5.74, 6) is 0.106. The van der Waals surface area contributed by atoms with Crippen LogP contribution in [0, 0.1) is 0 Å². The molecule has 7 heteroatoms. The Balaban J connectivity index is 2.49. The van der Waals surface area contributed by atoms with E-state index < -0.39 is 9.84 Å². The van der Waals surface area contributed by atoms with Crippen LogP contribution in [-0.2, 0) is 14.6 Å². The van der Waals surface area contributed by atoms with Crippen LogP contribution < -0.4 is 5.73 Å². The van der Waals surface area contributed by atoms with Crippen molar-refractivity contribution in [2.45, 2.75) is 38.1 Å². The number of rotatable bonds is 8. The Morgan fingerprint density at radius 1 is 1.32 bits per heavy atom. The molecule has 1 saturated heterocycles. The molecule has 1 amide bonds. The summed E-state index contributed by atoms with van der Waals surface area (Å²) in [4.78, 5) is 13.6. The Hall–Kier alpha value is -0.660. The Morgan fingerprint density at radius 2 is 2.05 bits per heavy atom. The van der Waals surface area contributed by atoms with Crippen LogP contribution in [0.2, 0.25) is 0 Å². The van der Waals surface area contributed by atoms with E-state index >= 15 is 0 Å². The minimum absolute atomic E-state index is 0.0293. The van der Waals surface area contributed by atoms with Crippen molar-refractivity contribution in [2.75, 3.05) is 31.2 Å². The number of sulfone groups is 1. The molecule has 1 rings (SSSR count). The van der Waals surface area contributed by atoms with E-state index in [1.807, 2.05) is 0 Å². The van der Waals surface area contributed by atoms with Crippen LogP contribution in [0.15, 0.2) is 0 Å². The molecule has 1 aliphatic rings. The number of nitrogens with zero attached hydrogens (tertiary/aromatic N) is 1. The highest BCUT2D eigenvalue weighted by Crippen LogP contribution is 2.19. The Bertz CT molecular complexity index is 383. The third-order valence-electron chi connectivity index (χ3n) is 3.41. The number of unbranched alkanes of at least 4 members (excludes halogenated alkanes) is 2. The first-order valence-corrected chi connectivity index (χ1v) is 8.63. The van der Waals surface area contributed by atoms with E-state index in [4.69, 9.17) is 10.8 Å². The Kier molecular flexibility index (Phi) is 6.74. The number of carbonyl (C=O) groups is 1. The van der Waals surface area contributed by atoms with Crippen molar-refractivity contribution in [3.63, 3.8) is 0 Å². The first-order valence-electron chi connectivity index (χ1n) is 6.81. The second-order valence-corrected chi connectivity index (χ2v) is 7.20. The fourth-order valence-electron chi connectivity index (χ4n) is 2.38. The SMILES string of the molecule is NCCCCCC(=O)N(CCO)C1CCS(=O)(=O)C1. The van der Waals surface area contributed by atoms with Crippen LogP contribution in [0.4, 0.5) is 0 Å². The predicted molar refractivity (Wildman–Crippen MR) is 73.4 cm³/mol. The zero-order chi connectivity index (χ0) is 14.3. The maximum atomic E-state index is 12.1. The topological polar surface area (TPSA) is 101 Å². The molecule has 1 atom stereocenters. The van der Waals surface area contributed by atoms with Gasteiger partial charge in [-0.1, -0.05) is 6.42 Å². The van der Waals surface area contributed by atoms with Crippen molar-refractivity contribution in [3.05, 3.63) is 0 Å². The first kappa shape index (κ1) is 16.4. The molecule has 0 saturated carbocycles. The van der Waals surface area contributed by atoms with E-state index in [1.165, 1.54) is 4.90 Å². The first-order chi connectivity index (χ1) is 9.00. The molecule has 1 aliphatic heterocycles. The highest BCUT2D eigenvalue weighted by Gasteiger charge is 2.33. The summed E-state index contributed by atoms with van der Waals surface area (Å²) in [5.41, 5.74) is 5.39. The van der Waals surface area contributed by atoms with Gasteiger partial charge in [-0.05, 0) is 25.8 Å². The van der Waals surface area contributed by atoms with Crippen LogP contribution in [0.5, 0.6) is 0 Å². The minimum Gasteiger partial charge on any atom is -0.395 e. The number of hydrogen-bond acceptors (Lipinski definition) is 5. The predicted octanol–water partition coefficient (Wildman–Crippen LogP) is -0.486. The summed E-state index contributed by atoms with van der Waals surface area (Å²) in [6, 6.07) is -0.265. The van der Waals surface area contributed by atoms with Crippen LogP contribution in [-0.4, -0.2) is 61.6 Å². The van der Waals surface area contributed by atoms with E-state index in [1.54, 1.807) is 0 Å². The molecular formula is C12H24N2O4S. The summed E-state index contributed by atoms with van der Waals surface area (Å²) in [7, 11) is -3.01. The lowest BCUT2D eigenvalue weighted by atomic mass is 10.1. The Labute approximate surface area is 114 Å². The van der Waals surface area contributed by atoms with Crippen molar-refractivity contribution in [1.82, 2.24) is 4.90 Å². The number of amides is 1. The fourth-order valence-corrected chi connectivity index (χ4v) is 4.11. The van der Waals surface area contributed by atoms with Gasteiger partial charge in [-0.15, -0.1) is 0 Å². The Morgan fingerprint density at radius 3 is 2.58 bits per heavy atom. The molecule has 0 spiro atoms. The summed E-state index contributed by atoms with van der Waals surface area (Å²) >= 11 is 0. The maximum Gasteiger partial charge on any atom is 0.222 e. The lowest BCUT2D eigenvalue weighted by molar-refractivity contribution is -0.133. The van der Waals surface area contributed by atoms with Gasteiger partial charge in [0, 0.05) is 19.0 Å². The number of nitrogens with two attached hydrogens (primary N) is 1. The molecule has 112 valence electrons. The summed E-state index contributed by atoms with van der Waals surface area (Å²) in [6.07, 6.45) is 3.44. The number of aliphatic hydroxyl groups excluding tert-OH is 1. The highest BCUT2D eigenvalue weighted by atomic mass is 32.2. The van der Waals surface area contributed by atoms with Crippen molar-refractivity contribution in [2.24, 2.45) is 5.73 Å². The van der Waals surface area contributed by atoms with Gasteiger partial charge in [-0.25, -0.2) is 8.42 Å². The quantitative estimate of drug-likeness (QED) is 0.588. The fraction of sp³-hybridized carbons (Fsp3) is 0.917. The van der Waals surface area contributed by atoms with Crippen molar-refractivity contribution in [3.8, 4) is 0 Å². The van der Waals surface area contributed by atoms with Crippen LogP contribution in [0.1, 0.15) is 32.1 Å². The van der Waals surface area contributed by atoms with Crippen LogP contribution >= 0.6 is 0 Å². The van der Waals surface area contributed by atoms with E-state index in [9.17, 15) is 13.2 Å². The van der Waals surface area contributed by atoms with Crippen molar-refractivity contribution >= 4 is 15.7 Å². The zero-order valence-electron chi connectivity index (χ0n) is 11.3. The lowest BCUT2D eigenvalue weighted by Crippen LogP contribution is -2.42. The summed E-state index contributed by atoms with van der Waals surface area (Å²) < 4.78 is 22.9. The molecular weight excluding hydrogens is 268 g/mol. The molecule has 0 aromatic rings.